The molecule has 0 N–H and O–H groups in total. The monoisotopic (exact) mass is 341 g/mol. The van der Waals surface area contributed by atoms with E-state index >= 15 is 0 Å². The molecule has 0 bridgehead atoms. The Hall–Kier alpha value is -1.60. The van der Waals surface area contributed by atoms with E-state index in [2.05, 4.69) is 0 Å². The minimum absolute atomic E-state index is 0.132. The van der Waals surface area contributed by atoms with Crippen molar-refractivity contribution in [3.05, 3.63) is 29.8 Å². The van der Waals surface area contributed by atoms with Crippen molar-refractivity contribution < 1.29 is 22.1 Å². The molecule has 1 aliphatic rings. The summed E-state index contributed by atoms with van der Waals surface area (Å²) in [5.41, 5.74) is 0.978. The van der Waals surface area contributed by atoms with Crippen LogP contribution < -0.4 is 0 Å². The molecule has 2 rings (SSSR count). The average Bonchev–Trinajstić information content (AvgIpc) is 2.95. The number of likely N-dealkylation sites (tertiary alicyclic amines) is 1. The first-order valence-corrected chi connectivity index (χ1v) is 9.25. The van der Waals surface area contributed by atoms with E-state index in [4.69, 9.17) is 8.92 Å². The van der Waals surface area contributed by atoms with Crippen LogP contribution in [0.1, 0.15) is 31.7 Å². The molecule has 1 aromatic rings. The minimum atomic E-state index is -3.81. The molecule has 0 saturated carbocycles. The van der Waals surface area contributed by atoms with E-state index in [1.54, 1.807) is 12.1 Å². The molecule has 7 heteroatoms. The van der Waals surface area contributed by atoms with Gasteiger partial charge in [-0.1, -0.05) is 31.0 Å². The Morgan fingerprint density at radius 3 is 2.65 bits per heavy atom. The number of nitrogens with zero attached hydrogens (tertiary/aromatic N) is 1. The second-order valence-electron chi connectivity index (χ2n) is 5.69. The molecule has 0 aliphatic carbocycles. The van der Waals surface area contributed by atoms with Gasteiger partial charge in [0, 0.05) is 6.54 Å². The zero-order valence-electron chi connectivity index (χ0n) is 13.5. The summed E-state index contributed by atoms with van der Waals surface area (Å²) in [6.07, 6.45) is 1.32. The molecule has 1 amide bonds. The van der Waals surface area contributed by atoms with Crippen LogP contribution in [0, 0.1) is 6.92 Å². The minimum Gasteiger partial charge on any atom is -0.449 e. The Labute approximate surface area is 137 Å². The zero-order chi connectivity index (χ0) is 16.9. The molecule has 1 fully saturated rings. The standard InChI is InChI=1S/C16H23NO5S/c1-3-4-11-21-16(18)17-10-9-14(12-17)22-23(19,20)15-7-5-13(2)6-8-15/h5-8,14H,3-4,9-12H2,1-2H3/t14-/m0/s1. The van der Waals surface area contributed by atoms with Crippen molar-refractivity contribution in [3.63, 3.8) is 0 Å². The fourth-order valence-electron chi connectivity index (χ4n) is 2.31. The van der Waals surface area contributed by atoms with Gasteiger partial charge in [-0.25, -0.2) is 4.79 Å². The van der Waals surface area contributed by atoms with Crippen LogP contribution in [0.5, 0.6) is 0 Å². The first-order chi connectivity index (χ1) is 10.9. The number of unbranched alkanes of at least 4 members (excludes halogenated alkanes) is 1. The van der Waals surface area contributed by atoms with Crippen molar-refractivity contribution in [3.8, 4) is 0 Å². The summed E-state index contributed by atoms with van der Waals surface area (Å²) in [7, 11) is -3.81. The Balaban J connectivity index is 1.89. The molecule has 23 heavy (non-hydrogen) atoms. The number of ether oxygens (including phenoxy) is 1. The molecule has 0 radical (unpaired) electrons. The van der Waals surface area contributed by atoms with Crippen LogP contribution in [0.25, 0.3) is 0 Å². The van der Waals surface area contributed by atoms with Gasteiger partial charge in [0.1, 0.15) is 0 Å². The number of carbonyl (C=O) groups is 1. The van der Waals surface area contributed by atoms with Gasteiger partial charge in [-0.15, -0.1) is 0 Å². The van der Waals surface area contributed by atoms with Gasteiger partial charge in [-0.3, -0.25) is 4.18 Å². The normalized spacial score (nSPS) is 18.2. The summed E-state index contributed by atoms with van der Waals surface area (Å²) in [5, 5.41) is 0. The van der Waals surface area contributed by atoms with E-state index in [9.17, 15) is 13.2 Å². The molecule has 1 heterocycles. The number of rotatable bonds is 6. The molecule has 6 nitrogen and oxygen atoms in total. The van der Waals surface area contributed by atoms with Crippen LogP contribution in [-0.4, -0.2) is 45.2 Å². The maximum Gasteiger partial charge on any atom is 0.409 e. The van der Waals surface area contributed by atoms with Gasteiger partial charge >= 0.3 is 6.09 Å². The third-order valence-corrected chi connectivity index (χ3v) is 5.07. The van der Waals surface area contributed by atoms with E-state index in [-0.39, 0.29) is 11.4 Å². The van der Waals surface area contributed by atoms with Crippen molar-refractivity contribution in [2.45, 2.75) is 44.1 Å². The summed E-state index contributed by atoms with van der Waals surface area (Å²) < 4.78 is 34.8. The Kier molecular flexibility index (Phi) is 6.01. The lowest BCUT2D eigenvalue weighted by atomic mass is 10.2. The van der Waals surface area contributed by atoms with Crippen LogP contribution in [0.4, 0.5) is 4.79 Å². The third kappa shape index (κ3) is 4.94. The molecule has 1 atom stereocenters. The summed E-state index contributed by atoms with van der Waals surface area (Å²) >= 11 is 0. The van der Waals surface area contributed by atoms with Crippen LogP contribution in [0.3, 0.4) is 0 Å². The molecule has 1 aliphatic heterocycles. The lowest BCUT2D eigenvalue weighted by Gasteiger charge is -2.16. The third-order valence-electron chi connectivity index (χ3n) is 3.70. The second-order valence-corrected chi connectivity index (χ2v) is 7.26. The topological polar surface area (TPSA) is 72.9 Å². The fourth-order valence-corrected chi connectivity index (χ4v) is 3.40. The molecule has 1 saturated heterocycles. The number of amides is 1. The number of aryl methyl sites for hydroxylation is 1. The maximum atomic E-state index is 12.2. The lowest BCUT2D eigenvalue weighted by Crippen LogP contribution is -2.31. The molecular formula is C16H23NO5S. The van der Waals surface area contributed by atoms with Crippen molar-refractivity contribution in [1.29, 1.82) is 0 Å². The van der Waals surface area contributed by atoms with Gasteiger partial charge in [-0.05, 0) is 31.9 Å². The Bertz CT molecular complexity index is 626. The van der Waals surface area contributed by atoms with Gasteiger partial charge in [0.25, 0.3) is 10.1 Å². The first-order valence-electron chi connectivity index (χ1n) is 7.84. The first kappa shape index (κ1) is 17.7. The smallest absolute Gasteiger partial charge is 0.409 e. The highest BCUT2D eigenvalue weighted by Gasteiger charge is 2.31. The van der Waals surface area contributed by atoms with Gasteiger partial charge in [0.05, 0.1) is 24.2 Å². The van der Waals surface area contributed by atoms with Crippen molar-refractivity contribution in [2.24, 2.45) is 0 Å². The number of hydrogen-bond acceptors (Lipinski definition) is 5. The van der Waals surface area contributed by atoms with Gasteiger partial charge < -0.3 is 9.64 Å². The number of benzene rings is 1. The average molecular weight is 341 g/mol. The van der Waals surface area contributed by atoms with Crippen LogP contribution in [0.2, 0.25) is 0 Å². The van der Waals surface area contributed by atoms with E-state index in [1.807, 2.05) is 13.8 Å². The molecular weight excluding hydrogens is 318 g/mol. The second kappa shape index (κ2) is 7.79. The highest BCUT2D eigenvalue weighted by atomic mass is 32.2. The summed E-state index contributed by atoms with van der Waals surface area (Å²) in [6, 6.07) is 6.50. The molecule has 1 aromatic carbocycles. The van der Waals surface area contributed by atoms with Crippen molar-refractivity contribution >= 4 is 16.2 Å². The summed E-state index contributed by atoms with van der Waals surface area (Å²) in [6.45, 7) is 4.97. The van der Waals surface area contributed by atoms with Crippen LogP contribution >= 0.6 is 0 Å². The van der Waals surface area contributed by atoms with Crippen LogP contribution in [-0.2, 0) is 19.0 Å². The summed E-state index contributed by atoms with van der Waals surface area (Å²) in [5.74, 6) is 0. The lowest BCUT2D eigenvalue weighted by molar-refractivity contribution is 0.104. The van der Waals surface area contributed by atoms with E-state index in [0.717, 1.165) is 18.4 Å². The molecule has 0 spiro atoms. The molecule has 128 valence electrons. The molecule has 0 unspecified atom stereocenters. The van der Waals surface area contributed by atoms with Gasteiger partial charge in [0.2, 0.25) is 0 Å². The summed E-state index contributed by atoms with van der Waals surface area (Å²) in [4.78, 5) is 13.5. The van der Waals surface area contributed by atoms with E-state index < -0.39 is 22.3 Å². The van der Waals surface area contributed by atoms with Gasteiger partial charge in [0.15, 0.2) is 0 Å². The quantitative estimate of drug-likeness (QED) is 0.587. The van der Waals surface area contributed by atoms with E-state index in [1.165, 1.54) is 17.0 Å². The van der Waals surface area contributed by atoms with Crippen LogP contribution in [0.15, 0.2) is 29.2 Å². The largest absolute Gasteiger partial charge is 0.449 e. The SMILES string of the molecule is CCCCOC(=O)N1CC[C@H](OS(=O)(=O)c2ccc(C)cc2)C1. The number of carbonyl (C=O) groups excluding carboxylic acids is 1. The fraction of sp³-hybridized carbons (Fsp3) is 0.562. The predicted molar refractivity (Wildman–Crippen MR) is 85.7 cm³/mol. The zero-order valence-corrected chi connectivity index (χ0v) is 14.3. The molecule has 0 aromatic heterocycles. The van der Waals surface area contributed by atoms with Crippen molar-refractivity contribution in [2.75, 3.05) is 19.7 Å². The Morgan fingerprint density at radius 2 is 2.00 bits per heavy atom. The van der Waals surface area contributed by atoms with Gasteiger partial charge in [-0.2, -0.15) is 8.42 Å². The van der Waals surface area contributed by atoms with Crippen molar-refractivity contribution in [1.82, 2.24) is 4.90 Å². The highest BCUT2D eigenvalue weighted by molar-refractivity contribution is 7.86. The Morgan fingerprint density at radius 1 is 1.30 bits per heavy atom. The predicted octanol–water partition coefficient (Wildman–Crippen LogP) is 2.71. The maximum absolute atomic E-state index is 12.2. The number of hydrogen-bond donors (Lipinski definition) is 0. The van der Waals surface area contributed by atoms with E-state index in [0.29, 0.717) is 19.6 Å². The highest BCUT2D eigenvalue weighted by Crippen LogP contribution is 2.21.